The number of hydrogen-bond acceptors (Lipinski definition) is 6. The molecule has 0 aliphatic heterocycles. The second kappa shape index (κ2) is 7.31. The van der Waals surface area contributed by atoms with E-state index in [4.69, 9.17) is 8.94 Å². The van der Waals surface area contributed by atoms with Gasteiger partial charge in [-0.25, -0.2) is 4.98 Å². The Balaban J connectivity index is 1.93. The molecule has 8 heteroatoms. The SMILES string of the molecule is CNC(=O)c1coc(C(C)(C)CCNC(=O)c2cc(C(C)(C)C)on2)n1. The quantitative estimate of drug-likeness (QED) is 0.816. The lowest BCUT2D eigenvalue weighted by atomic mass is 9.89. The summed E-state index contributed by atoms with van der Waals surface area (Å²) in [5, 5.41) is 9.15. The first-order valence-corrected chi connectivity index (χ1v) is 8.48. The summed E-state index contributed by atoms with van der Waals surface area (Å²) in [6.45, 7) is 10.2. The van der Waals surface area contributed by atoms with E-state index in [1.165, 1.54) is 13.3 Å². The topological polar surface area (TPSA) is 110 Å². The minimum absolute atomic E-state index is 0.207. The molecule has 0 aliphatic rings. The number of rotatable bonds is 6. The summed E-state index contributed by atoms with van der Waals surface area (Å²) in [7, 11) is 1.53. The highest BCUT2D eigenvalue weighted by atomic mass is 16.5. The predicted octanol–water partition coefficient (Wildman–Crippen LogP) is 2.42. The maximum Gasteiger partial charge on any atom is 0.273 e. The van der Waals surface area contributed by atoms with E-state index in [9.17, 15) is 9.59 Å². The number of nitrogens with one attached hydrogen (secondary N) is 2. The van der Waals surface area contributed by atoms with Gasteiger partial charge in [-0.15, -0.1) is 0 Å². The molecule has 0 atom stereocenters. The largest absolute Gasteiger partial charge is 0.448 e. The van der Waals surface area contributed by atoms with E-state index in [0.29, 0.717) is 24.6 Å². The molecule has 0 unspecified atom stereocenters. The van der Waals surface area contributed by atoms with Crippen molar-refractivity contribution in [3.05, 3.63) is 35.4 Å². The highest BCUT2D eigenvalue weighted by Crippen LogP contribution is 2.26. The lowest BCUT2D eigenvalue weighted by Gasteiger charge is -2.20. The van der Waals surface area contributed by atoms with Crippen LogP contribution in [-0.4, -0.2) is 35.5 Å². The van der Waals surface area contributed by atoms with Crippen LogP contribution < -0.4 is 10.6 Å². The Morgan fingerprint density at radius 3 is 2.38 bits per heavy atom. The highest BCUT2D eigenvalue weighted by Gasteiger charge is 2.28. The molecule has 2 aromatic rings. The van der Waals surface area contributed by atoms with Crippen LogP contribution in [0.5, 0.6) is 0 Å². The van der Waals surface area contributed by atoms with E-state index >= 15 is 0 Å². The fourth-order valence-electron chi connectivity index (χ4n) is 2.24. The number of carbonyl (C=O) groups is 2. The zero-order valence-electron chi connectivity index (χ0n) is 16.1. The van der Waals surface area contributed by atoms with E-state index in [0.717, 1.165) is 0 Å². The Kier molecular flexibility index (Phi) is 5.53. The van der Waals surface area contributed by atoms with Crippen molar-refractivity contribution in [1.29, 1.82) is 0 Å². The van der Waals surface area contributed by atoms with Gasteiger partial charge in [-0.05, 0) is 6.42 Å². The minimum Gasteiger partial charge on any atom is -0.448 e. The van der Waals surface area contributed by atoms with Crippen LogP contribution in [0.25, 0.3) is 0 Å². The molecular weight excluding hydrogens is 336 g/mol. The fraction of sp³-hybridized carbons (Fsp3) is 0.556. The average Bonchev–Trinajstić information content (AvgIpc) is 3.23. The second-order valence-electron chi connectivity index (χ2n) is 7.83. The molecule has 8 nitrogen and oxygen atoms in total. The van der Waals surface area contributed by atoms with Gasteiger partial charge in [-0.2, -0.15) is 0 Å². The van der Waals surface area contributed by atoms with Gasteiger partial charge in [0.15, 0.2) is 17.3 Å². The highest BCUT2D eigenvalue weighted by molar-refractivity contribution is 5.92. The standard InChI is InChI=1S/C18H26N4O4/c1-17(2,3)13-9-11(22-26-13)15(24)20-8-7-18(4,5)16-21-12(10-25-16)14(23)19-6/h9-10H,7-8H2,1-6H3,(H,19,23)(H,20,24). The van der Waals surface area contributed by atoms with Crippen LogP contribution in [0.3, 0.4) is 0 Å². The molecule has 2 aromatic heterocycles. The Hall–Kier alpha value is -2.64. The van der Waals surface area contributed by atoms with Gasteiger partial charge < -0.3 is 19.6 Å². The van der Waals surface area contributed by atoms with Crippen LogP contribution in [0.15, 0.2) is 21.3 Å². The van der Waals surface area contributed by atoms with E-state index in [1.54, 1.807) is 6.07 Å². The molecule has 0 radical (unpaired) electrons. The van der Waals surface area contributed by atoms with Gasteiger partial charge in [-0.3, -0.25) is 9.59 Å². The third-order valence-corrected chi connectivity index (χ3v) is 4.06. The van der Waals surface area contributed by atoms with Crippen LogP contribution in [0.1, 0.15) is 73.7 Å². The average molecular weight is 362 g/mol. The number of hydrogen-bond donors (Lipinski definition) is 2. The molecule has 0 saturated heterocycles. The predicted molar refractivity (Wildman–Crippen MR) is 95.1 cm³/mol. The summed E-state index contributed by atoms with van der Waals surface area (Å²) in [5.74, 6) is 0.509. The molecule has 0 aromatic carbocycles. The summed E-state index contributed by atoms with van der Waals surface area (Å²) in [5.41, 5.74) is -0.163. The van der Waals surface area contributed by atoms with Gasteiger partial charge in [-0.1, -0.05) is 39.8 Å². The number of oxazole rings is 1. The summed E-state index contributed by atoms with van der Waals surface area (Å²) in [6, 6.07) is 1.66. The molecule has 2 amide bonds. The Morgan fingerprint density at radius 1 is 1.12 bits per heavy atom. The Bertz CT molecular complexity index is 783. The molecule has 2 heterocycles. The van der Waals surface area contributed by atoms with Crippen molar-refractivity contribution in [3.63, 3.8) is 0 Å². The van der Waals surface area contributed by atoms with Crippen molar-refractivity contribution in [3.8, 4) is 0 Å². The minimum atomic E-state index is -0.444. The van der Waals surface area contributed by atoms with Gasteiger partial charge in [0, 0.05) is 30.5 Å². The van der Waals surface area contributed by atoms with Crippen LogP contribution in [0, 0.1) is 0 Å². The smallest absolute Gasteiger partial charge is 0.273 e. The maximum atomic E-state index is 12.2. The van der Waals surface area contributed by atoms with Crippen molar-refractivity contribution in [2.24, 2.45) is 0 Å². The number of amides is 2. The molecule has 0 aliphatic carbocycles. The fourth-order valence-corrected chi connectivity index (χ4v) is 2.24. The Labute approximate surface area is 152 Å². The van der Waals surface area contributed by atoms with Crippen molar-refractivity contribution < 1.29 is 18.5 Å². The summed E-state index contributed by atoms with van der Waals surface area (Å²) in [4.78, 5) is 28.0. The molecule has 0 spiro atoms. The first kappa shape index (κ1) is 19.7. The third-order valence-electron chi connectivity index (χ3n) is 4.06. The van der Waals surface area contributed by atoms with Crippen LogP contribution >= 0.6 is 0 Å². The van der Waals surface area contributed by atoms with E-state index in [1.807, 2.05) is 34.6 Å². The third kappa shape index (κ3) is 4.50. The van der Waals surface area contributed by atoms with E-state index < -0.39 is 5.41 Å². The van der Waals surface area contributed by atoms with Gasteiger partial charge in [0.25, 0.3) is 11.8 Å². The van der Waals surface area contributed by atoms with Gasteiger partial charge in [0.1, 0.15) is 12.0 Å². The summed E-state index contributed by atoms with van der Waals surface area (Å²) in [6.07, 6.45) is 1.91. The number of nitrogens with zero attached hydrogens (tertiary/aromatic N) is 2. The number of aromatic nitrogens is 2. The molecule has 0 fully saturated rings. The maximum absolute atomic E-state index is 12.2. The van der Waals surface area contributed by atoms with Crippen molar-refractivity contribution >= 4 is 11.8 Å². The zero-order chi connectivity index (χ0) is 19.5. The lowest BCUT2D eigenvalue weighted by Crippen LogP contribution is -2.30. The molecule has 2 N–H and O–H groups in total. The Morgan fingerprint density at radius 2 is 1.81 bits per heavy atom. The van der Waals surface area contributed by atoms with Crippen molar-refractivity contribution in [2.75, 3.05) is 13.6 Å². The molecule has 0 saturated carbocycles. The first-order chi connectivity index (χ1) is 12.0. The second-order valence-corrected chi connectivity index (χ2v) is 7.83. The van der Waals surface area contributed by atoms with Gasteiger partial charge in [0.2, 0.25) is 0 Å². The van der Waals surface area contributed by atoms with Gasteiger partial charge >= 0.3 is 0 Å². The van der Waals surface area contributed by atoms with Crippen molar-refractivity contribution in [1.82, 2.24) is 20.8 Å². The first-order valence-electron chi connectivity index (χ1n) is 8.48. The summed E-state index contributed by atoms with van der Waals surface area (Å²) >= 11 is 0. The normalized spacial score (nSPS) is 12.1. The molecule has 26 heavy (non-hydrogen) atoms. The summed E-state index contributed by atoms with van der Waals surface area (Å²) < 4.78 is 10.7. The molecule has 0 bridgehead atoms. The van der Waals surface area contributed by atoms with Gasteiger partial charge in [0.05, 0.1) is 0 Å². The molecular formula is C18H26N4O4. The number of carbonyl (C=O) groups excluding carboxylic acids is 2. The van der Waals surface area contributed by atoms with E-state index in [2.05, 4.69) is 20.8 Å². The molecule has 142 valence electrons. The van der Waals surface area contributed by atoms with Crippen LogP contribution in [0.2, 0.25) is 0 Å². The van der Waals surface area contributed by atoms with Crippen LogP contribution in [0.4, 0.5) is 0 Å². The lowest BCUT2D eigenvalue weighted by molar-refractivity contribution is 0.0938. The van der Waals surface area contributed by atoms with Crippen molar-refractivity contribution in [2.45, 2.75) is 51.9 Å². The van der Waals surface area contributed by atoms with E-state index in [-0.39, 0.29) is 28.6 Å². The zero-order valence-corrected chi connectivity index (χ0v) is 16.1. The van der Waals surface area contributed by atoms with Crippen LogP contribution in [-0.2, 0) is 10.8 Å². The monoisotopic (exact) mass is 362 g/mol. The molecule has 2 rings (SSSR count).